The third-order valence-corrected chi connectivity index (χ3v) is 11.3. The summed E-state index contributed by atoms with van der Waals surface area (Å²) < 4.78 is 6.02. The molecule has 1 aromatic heterocycles. The predicted octanol–water partition coefficient (Wildman–Crippen LogP) is 13.5. The molecule has 0 amide bonds. The number of nitrogens with zero attached hydrogens (tertiary/aromatic N) is 2. The number of nitrogens with one attached hydrogen (secondary N) is 1. The number of ether oxygens (including phenoxy) is 1. The van der Waals surface area contributed by atoms with Crippen molar-refractivity contribution in [2.24, 2.45) is 5.73 Å². The number of aromatic amines is 1. The summed E-state index contributed by atoms with van der Waals surface area (Å²) in [5, 5.41) is 0. The first-order valence-corrected chi connectivity index (χ1v) is 23.7. The topological polar surface area (TPSA) is 84.2 Å². The number of aromatic nitrogens is 2. The Labute approximate surface area is 330 Å². The quantitative estimate of drug-likeness (QED) is 0.0650. The zero-order valence-corrected chi connectivity index (χ0v) is 35.8. The van der Waals surface area contributed by atoms with E-state index in [4.69, 9.17) is 10.5 Å². The summed E-state index contributed by atoms with van der Waals surface area (Å²) >= 11 is 0. The number of hydrogen-bond donors (Lipinski definition) is 2. The van der Waals surface area contributed by atoms with E-state index < -0.39 is 6.04 Å². The second kappa shape index (κ2) is 40.4. The first-order chi connectivity index (χ1) is 26.2. The SMILES string of the molecule is CCCCCCCCCCCCCCCCCCN(CCCCCCCCCCCCCCCCCC)CCOCCCC(=O)C(N)Cc1cnc[nH]1. The summed E-state index contributed by atoms with van der Waals surface area (Å²) in [7, 11) is 0. The van der Waals surface area contributed by atoms with Gasteiger partial charge in [-0.05, 0) is 32.4 Å². The second-order valence-electron chi connectivity index (χ2n) is 16.5. The molecule has 6 nitrogen and oxygen atoms in total. The largest absolute Gasteiger partial charge is 0.380 e. The Morgan fingerprint density at radius 2 is 0.943 bits per heavy atom. The number of carbonyl (C=O) groups is 1. The smallest absolute Gasteiger partial charge is 0.150 e. The van der Waals surface area contributed by atoms with E-state index in [-0.39, 0.29) is 5.78 Å². The maximum absolute atomic E-state index is 12.4. The lowest BCUT2D eigenvalue weighted by Crippen LogP contribution is -2.33. The summed E-state index contributed by atoms with van der Waals surface area (Å²) in [5.41, 5.74) is 7.02. The molecule has 0 aliphatic rings. The number of carbonyl (C=O) groups excluding carboxylic acids is 1. The maximum atomic E-state index is 12.4. The van der Waals surface area contributed by atoms with Crippen LogP contribution in [0.25, 0.3) is 0 Å². The molecule has 0 saturated heterocycles. The molecule has 1 rings (SSSR count). The summed E-state index contributed by atoms with van der Waals surface area (Å²) in [6.45, 7) is 9.39. The Kier molecular flexibility index (Phi) is 38.0. The number of ketones is 1. The fourth-order valence-electron chi connectivity index (χ4n) is 7.68. The number of hydrogen-bond acceptors (Lipinski definition) is 5. The van der Waals surface area contributed by atoms with E-state index in [9.17, 15) is 4.79 Å². The van der Waals surface area contributed by atoms with Crippen molar-refractivity contribution in [3.8, 4) is 0 Å². The van der Waals surface area contributed by atoms with Crippen molar-refractivity contribution in [1.82, 2.24) is 14.9 Å². The third kappa shape index (κ3) is 35.0. The van der Waals surface area contributed by atoms with Gasteiger partial charge < -0.3 is 20.4 Å². The highest BCUT2D eigenvalue weighted by atomic mass is 16.5. The van der Waals surface area contributed by atoms with Crippen LogP contribution in [-0.2, 0) is 16.0 Å². The van der Waals surface area contributed by atoms with Crippen molar-refractivity contribution in [2.75, 3.05) is 32.8 Å². The van der Waals surface area contributed by atoms with Crippen LogP contribution in [0.5, 0.6) is 0 Å². The van der Waals surface area contributed by atoms with Crippen LogP contribution in [0.2, 0.25) is 0 Å². The molecule has 1 unspecified atom stereocenters. The van der Waals surface area contributed by atoms with Crippen molar-refractivity contribution in [3.05, 3.63) is 18.2 Å². The molecule has 0 aliphatic carbocycles. The zero-order valence-electron chi connectivity index (χ0n) is 35.8. The minimum absolute atomic E-state index is 0.108. The lowest BCUT2D eigenvalue weighted by Gasteiger charge is -2.22. The molecule has 6 heteroatoms. The molecule has 3 N–H and O–H groups in total. The minimum Gasteiger partial charge on any atom is -0.380 e. The summed E-state index contributed by atoms with van der Waals surface area (Å²) in [4.78, 5) is 22.1. The van der Waals surface area contributed by atoms with Crippen molar-refractivity contribution in [3.63, 3.8) is 0 Å². The fraction of sp³-hybridized carbons (Fsp3) is 0.915. The molecule has 0 fully saturated rings. The molecule has 0 bridgehead atoms. The van der Waals surface area contributed by atoms with Gasteiger partial charge in [-0.3, -0.25) is 4.79 Å². The van der Waals surface area contributed by atoms with Gasteiger partial charge in [0.25, 0.3) is 0 Å². The lowest BCUT2D eigenvalue weighted by molar-refractivity contribution is -0.120. The van der Waals surface area contributed by atoms with Crippen LogP contribution in [0.4, 0.5) is 0 Å². The number of imidazole rings is 1. The van der Waals surface area contributed by atoms with Gasteiger partial charge in [0.2, 0.25) is 0 Å². The Morgan fingerprint density at radius 3 is 1.30 bits per heavy atom. The van der Waals surface area contributed by atoms with Crippen molar-refractivity contribution >= 4 is 5.78 Å². The van der Waals surface area contributed by atoms with Crippen LogP contribution in [0, 0.1) is 0 Å². The van der Waals surface area contributed by atoms with Crippen LogP contribution >= 0.6 is 0 Å². The van der Waals surface area contributed by atoms with E-state index in [1.54, 1.807) is 12.5 Å². The average Bonchev–Trinajstić information content (AvgIpc) is 3.68. The van der Waals surface area contributed by atoms with E-state index in [0.29, 0.717) is 19.4 Å². The van der Waals surface area contributed by atoms with Crippen molar-refractivity contribution < 1.29 is 9.53 Å². The van der Waals surface area contributed by atoms with Gasteiger partial charge in [0.15, 0.2) is 0 Å². The van der Waals surface area contributed by atoms with E-state index in [1.165, 1.54) is 219 Å². The maximum Gasteiger partial charge on any atom is 0.150 e. The molecule has 1 heterocycles. The molecule has 1 aromatic rings. The van der Waals surface area contributed by atoms with Crippen LogP contribution in [0.1, 0.15) is 238 Å². The van der Waals surface area contributed by atoms with Gasteiger partial charge in [0.05, 0.1) is 19.0 Å². The van der Waals surface area contributed by atoms with Crippen LogP contribution in [0.3, 0.4) is 0 Å². The number of nitrogens with two attached hydrogens (primary N) is 1. The molecule has 0 aliphatic heterocycles. The first-order valence-electron chi connectivity index (χ1n) is 23.7. The molecular formula is C47H92N4O2. The summed E-state index contributed by atoms with van der Waals surface area (Å²) in [6.07, 6.45) is 50.5. The molecule has 1 atom stereocenters. The van der Waals surface area contributed by atoms with Gasteiger partial charge in [0.1, 0.15) is 5.78 Å². The van der Waals surface area contributed by atoms with Gasteiger partial charge >= 0.3 is 0 Å². The third-order valence-electron chi connectivity index (χ3n) is 11.3. The minimum atomic E-state index is -0.467. The van der Waals surface area contributed by atoms with Crippen LogP contribution < -0.4 is 5.73 Å². The Morgan fingerprint density at radius 1 is 0.566 bits per heavy atom. The van der Waals surface area contributed by atoms with Crippen molar-refractivity contribution in [2.45, 2.75) is 245 Å². The van der Waals surface area contributed by atoms with E-state index in [1.807, 2.05) is 0 Å². The Bertz CT molecular complexity index is 812. The Hall–Kier alpha value is -1.24. The van der Waals surface area contributed by atoms with Gasteiger partial charge in [-0.15, -0.1) is 0 Å². The normalized spacial score (nSPS) is 12.3. The van der Waals surface area contributed by atoms with Crippen LogP contribution in [0.15, 0.2) is 12.5 Å². The number of Topliss-reactive ketones (excluding diaryl/α,β-unsaturated/α-hetero) is 1. The Balaban J connectivity index is 2.13. The van der Waals surface area contributed by atoms with Gasteiger partial charge in [-0.25, -0.2) is 4.98 Å². The first kappa shape index (κ1) is 49.8. The highest BCUT2D eigenvalue weighted by Gasteiger charge is 2.14. The fourth-order valence-corrected chi connectivity index (χ4v) is 7.68. The summed E-state index contributed by atoms with van der Waals surface area (Å²) in [6, 6.07) is -0.467. The molecule has 0 radical (unpaired) electrons. The second-order valence-corrected chi connectivity index (χ2v) is 16.5. The molecule has 53 heavy (non-hydrogen) atoms. The summed E-state index contributed by atoms with van der Waals surface area (Å²) in [5.74, 6) is 0.108. The van der Waals surface area contributed by atoms with Gasteiger partial charge in [-0.2, -0.15) is 0 Å². The number of unbranched alkanes of at least 4 members (excludes halogenated alkanes) is 30. The van der Waals surface area contributed by atoms with E-state index in [2.05, 4.69) is 28.7 Å². The monoisotopic (exact) mass is 745 g/mol. The van der Waals surface area contributed by atoms with Crippen LogP contribution in [-0.4, -0.2) is 59.5 Å². The van der Waals surface area contributed by atoms with E-state index in [0.717, 1.165) is 25.3 Å². The van der Waals surface area contributed by atoms with E-state index >= 15 is 0 Å². The zero-order chi connectivity index (χ0) is 38.1. The number of rotatable bonds is 44. The highest BCUT2D eigenvalue weighted by Crippen LogP contribution is 2.16. The molecule has 0 saturated carbocycles. The van der Waals surface area contributed by atoms with Crippen molar-refractivity contribution in [1.29, 1.82) is 0 Å². The van der Waals surface area contributed by atoms with Gasteiger partial charge in [-0.1, -0.05) is 206 Å². The molecule has 0 spiro atoms. The number of H-pyrrole nitrogens is 1. The van der Waals surface area contributed by atoms with Gasteiger partial charge in [0, 0.05) is 37.9 Å². The predicted molar refractivity (Wildman–Crippen MR) is 231 cm³/mol. The highest BCUT2D eigenvalue weighted by molar-refractivity contribution is 5.83. The molecule has 0 aromatic carbocycles. The lowest BCUT2D eigenvalue weighted by atomic mass is 10.0. The molecular weight excluding hydrogens is 653 g/mol. The average molecular weight is 745 g/mol. The molecule has 312 valence electrons. The standard InChI is InChI=1S/C47H92N4O2/c1-3-5-7-9-11-13-15-17-19-21-23-25-27-29-31-33-37-51(39-41-53-40-35-36-47(52)46(48)42-45-43-49-44-50-45)38-34-32-30-28-26-24-22-20-18-16-14-12-10-8-6-4-2/h43-44,46H,3-42,48H2,1-2H3,(H,49,50).